The zero-order valence-corrected chi connectivity index (χ0v) is 14.4. The van der Waals surface area contributed by atoms with Crippen LogP contribution in [-0.2, 0) is 6.54 Å². The molecule has 0 fully saturated rings. The Labute approximate surface area is 144 Å². The first-order valence-electron chi connectivity index (χ1n) is 6.73. The summed E-state index contributed by atoms with van der Waals surface area (Å²) in [6.45, 7) is 4.44. The van der Waals surface area contributed by atoms with E-state index in [0.717, 1.165) is 5.56 Å². The summed E-state index contributed by atoms with van der Waals surface area (Å²) in [6, 6.07) is 8.84. The second-order valence-corrected chi connectivity index (χ2v) is 6.30. The summed E-state index contributed by atoms with van der Waals surface area (Å²) in [7, 11) is 0. The highest BCUT2D eigenvalue weighted by molar-refractivity contribution is 6.37. The third-order valence-electron chi connectivity index (χ3n) is 2.87. The molecule has 0 atom stereocenters. The van der Waals surface area contributed by atoms with Gasteiger partial charge in [0, 0.05) is 12.2 Å². The summed E-state index contributed by atoms with van der Waals surface area (Å²) in [5.74, 6) is 0.545. The van der Waals surface area contributed by atoms with Crippen LogP contribution in [0.2, 0.25) is 15.1 Å². The van der Waals surface area contributed by atoms with Crippen LogP contribution in [0.1, 0.15) is 19.4 Å². The van der Waals surface area contributed by atoms with E-state index in [2.05, 4.69) is 5.32 Å². The standard InChI is InChI=1S/C16H16Cl3NO2/c1-9(2)22-15-4-3-10(5-12(15)17)8-20-11-6-13(18)16(21)14(19)7-11/h3-7,9,20-21H,8H2,1-2H3. The summed E-state index contributed by atoms with van der Waals surface area (Å²) >= 11 is 18.0. The largest absolute Gasteiger partial charge is 0.505 e. The number of ether oxygens (including phenoxy) is 1. The Kier molecular flexibility index (Phi) is 5.68. The Hall–Kier alpha value is -1.29. The van der Waals surface area contributed by atoms with E-state index in [-0.39, 0.29) is 21.9 Å². The highest BCUT2D eigenvalue weighted by Gasteiger charge is 2.08. The van der Waals surface area contributed by atoms with Crippen LogP contribution >= 0.6 is 34.8 Å². The van der Waals surface area contributed by atoms with Crippen molar-refractivity contribution in [1.29, 1.82) is 0 Å². The minimum absolute atomic E-state index is 0.0720. The lowest BCUT2D eigenvalue weighted by Crippen LogP contribution is -2.06. The lowest BCUT2D eigenvalue weighted by atomic mass is 10.2. The summed E-state index contributed by atoms with van der Waals surface area (Å²) in [4.78, 5) is 0. The van der Waals surface area contributed by atoms with Gasteiger partial charge in [0.25, 0.3) is 0 Å². The lowest BCUT2D eigenvalue weighted by molar-refractivity contribution is 0.242. The van der Waals surface area contributed by atoms with Crippen LogP contribution in [-0.4, -0.2) is 11.2 Å². The van der Waals surface area contributed by atoms with Gasteiger partial charge in [0.1, 0.15) is 5.75 Å². The molecule has 2 N–H and O–H groups in total. The monoisotopic (exact) mass is 359 g/mol. The molecule has 0 heterocycles. The van der Waals surface area contributed by atoms with Crippen molar-refractivity contribution in [3.05, 3.63) is 51.0 Å². The molecule has 0 unspecified atom stereocenters. The van der Waals surface area contributed by atoms with Crippen LogP contribution in [0.5, 0.6) is 11.5 Å². The van der Waals surface area contributed by atoms with E-state index in [1.165, 1.54) is 0 Å². The van der Waals surface area contributed by atoms with Gasteiger partial charge >= 0.3 is 0 Å². The molecule has 3 nitrogen and oxygen atoms in total. The number of nitrogens with one attached hydrogen (secondary N) is 1. The number of hydrogen-bond donors (Lipinski definition) is 2. The van der Waals surface area contributed by atoms with Gasteiger partial charge in [-0.1, -0.05) is 40.9 Å². The van der Waals surface area contributed by atoms with Gasteiger partial charge in [0.15, 0.2) is 5.75 Å². The molecule has 118 valence electrons. The minimum atomic E-state index is -0.118. The fourth-order valence-corrected chi connectivity index (χ4v) is 2.61. The summed E-state index contributed by atoms with van der Waals surface area (Å²) in [5, 5.41) is 13.7. The predicted molar refractivity (Wildman–Crippen MR) is 92.7 cm³/mol. The van der Waals surface area contributed by atoms with Crippen LogP contribution in [0.15, 0.2) is 30.3 Å². The van der Waals surface area contributed by atoms with Crippen molar-refractivity contribution in [3.63, 3.8) is 0 Å². The number of benzene rings is 2. The topological polar surface area (TPSA) is 41.5 Å². The first-order chi connectivity index (χ1) is 10.4. The van der Waals surface area contributed by atoms with Crippen molar-refractivity contribution in [3.8, 4) is 11.5 Å². The van der Waals surface area contributed by atoms with E-state index in [0.29, 0.717) is 23.0 Å². The smallest absolute Gasteiger partial charge is 0.152 e. The summed E-state index contributed by atoms with van der Waals surface area (Å²) in [5.41, 5.74) is 1.70. The number of hydrogen-bond acceptors (Lipinski definition) is 3. The second kappa shape index (κ2) is 7.32. The van der Waals surface area contributed by atoms with Crippen LogP contribution in [0.4, 0.5) is 5.69 Å². The van der Waals surface area contributed by atoms with Crippen molar-refractivity contribution in [2.24, 2.45) is 0 Å². The SMILES string of the molecule is CC(C)Oc1ccc(CNc2cc(Cl)c(O)c(Cl)c2)cc1Cl. The molecular weight excluding hydrogens is 345 g/mol. The molecule has 0 aliphatic heterocycles. The number of phenols is 1. The van der Waals surface area contributed by atoms with Crippen molar-refractivity contribution < 1.29 is 9.84 Å². The Morgan fingerprint density at radius 3 is 2.23 bits per heavy atom. The molecule has 0 spiro atoms. The molecule has 6 heteroatoms. The molecule has 0 saturated carbocycles. The highest BCUT2D eigenvalue weighted by Crippen LogP contribution is 2.35. The van der Waals surface area contributed by atoms with E-state index in [1.54, 1.807) is 12.1 Å². The fourth-order valence-electron chi connectivity index (χ4n) is 1.88. The first kappa shape index (κ1) is 17.1. The van der Waals surface area contributed by atoms with Gasteiger partial charge in [-0.25, -0.2) is 0 Å². The summed E-state index contributed by atoms with van der Waals surface area (Å²) < 4.78 is 5.59. The Balaban J connectivity index is 2.07. The molecule has 0 aromatic heterocycles. The normalized spacial score (nSPS) is 10.8. The molecular formula is C16H16Cl3NO2. The molecule has 0 aliphatic carbocycles. The number of halogens is 3. The maximum absolute atomic E-state index is 9.53. The van der Waals surface area contributed by atoms with Crippen LogP contribution in [0, 0.1) is 0 Å². The fraction of sp³-hybridized carbons (Fsp3) is 0.250. The van der Waals surface area contributed by atoms with E-state index < -0.39 is 0 Å². The molecule has 2 aromatic carbocycles. The third-order valence-corrected chi connectivity index (χ3v) is 3.74. The number of aromatic hydroxyl groups is 1. The maximum atomic E-state index is 9.53. The van der Waals surface area contributed by atoms with Crippen molar-refractivity contribution in [1.82, 2.24) is 0 Å². The predicted octanol–water partition coefficient (Wildman–Crippen LogP) is 5.75. The molecule has 0 saturated heterocycles. The Morgan fingerprint density at radius 2 is 1.68 bits per heavy atom. The van der Waals surface area contributed by atoms with Crippen LogP contribution in [0.25, 0.3) is 0 Å². The average Bonchev–Trinajstić information content (AvgIpc) is 2.44. The molecule has 0 radical (unpaired) electrons. The quantitative estimate of drug-likeness (QED) is 0.667. The van der Waals surface area contributed by atoms with E-state index in [1.807, 2.05) is 32.0 Å². The molecule has 0 bridgehead atoms. The summed E-state index contributed by atoms with van der Waals surface area (Å²) in [6.07, 6.45) is 0.0720. The van der Waals surface area contributed by atoms with Crippen molar-refractivity contribution in [2.75, 3.05) is 5.32 Å². The average molecular weight is 361 g/mol. The number of anilines is 1. The van der Waals surface area contributed by atoms with Crippen molar-refractivity contribution >= 4 is 40.5 Å². The van der Waals surface area contributed by atoms with Crippen molar-refractivity contribution in [2.45, 2.75) is 26.5 Å². The zero-order valence-electron chi connectivity index (χ0n) is 12.2. The van der Waals surface area contributed by atoms with Gasteiger partial charge in [-0.3, -0.25) is 0 Å². The molecule has 2 rings (SSSR count). The maximum Gasteiger partial charge on any atom is 0.152 e. The van der Waals surface area contributed by atoms with Gasteiger partial charge in [0.05, 0.1) is 21.2 Å². The molecule has 22 heavy (non-hydrogen) atoms. The Bertz CT molecular complexity index is 651. The van der Waals surface area contributed by atoms with E-state index in [9.17, 15) is 5.11 Å². The van der Waals surface area contributed by atoms with Gasteiger partial charge in [0.2, 0.25) is 0 Å². The lowest BCUT2D eigenvalue weighted by Gasteiger charge is -2.13. The zero-order chi connectivity index (χ0) is 16.3. The number of phenolic OH excluding ortho intramolecular Hbond substituents is 1. The third kappa shape index (κ3) is 4.35. The van der Waals surface area contributed by atoms with Crippen LogP contribution in [0.3, 0.4) is 0 Å². The van der Waals surface area contributed by atoms with Gasteiger partial charge in [-0.05, 0) is 43.7 Å². The minimum Gasteiger partial charge on any atom is -0.505 e. The highest BCUT2D eigenvalue weighted by atomic mass is 35.5. The van der Waals surface area contributed by atoms with Gasteiger partial charge in [-0.2, -0.15) is 0 Å². The van der Waals surface area contributed by atoms with Gasteiger partial charge in [-0.15, -0.1) is 0 Å². The molecule has 0 aliphatic rings. The van der Waals surface area contributed by atoms with Gasteiger partial charge < -0.3 is 15.2 Å². The molecule has 0 amide bonds. The first-order valence-corrected chi connectivity index (χ1v) is 7.87. The number of rotatable bonds is 5. The Morgan fingerprint density at radius 1 is 1.05 bits per heavy atom. The van der Waals surface area contributed by atoms with Crippen LogP contribution < -0.4 is 10.1 Å². The second-order valence-electron chi connectivity index (χ2n) is 5.07. The van der Waals surface area contributed by atoms with E-state index >= 15 is 0 Å². The molecule has 2 aromatic rings. The van der Waals surface area contributed by atoms with E-state index in [4.69, 9.17) is 39.5 Å².